The minimum atomic E-state index is -0.760. The summed E-state index contributed by atoms with van der Waals surface area (Å²) >= 11 is 0. The zero-order valence-corrected chi connectivity index (χ0v) is 20.1. The number of nitrogens with two attached hydrogens (primary N) is 1. The number of carbonyl (C=O) groups is 1. The summed E-state index contributed by atoms with van der Waals surface area (Å²) in [6.07, 6.45) is 2.66. The third-order valence-electron chi connectivity index (χ3n) is 7.18. The van der Waals surface area contributed by atoms with E-state index >= 15 is 0 Å². The summed E-state index contributed by atoms with van der Waals surface area (Å²) in [6, 6.07) is 27.6. The second-order valence-electron chi connectivity index (χ2n) is 9.87. The van der Waals surface area contributed by atoms with Crippen molar-refractivity contribution in [2.24, 2.45) is 11.7 Å². The van der Waals surface area contributed by atoms with Gasteiger partial charge in [-0.1, -0.05) is 92.7 Å². The highest BCUT2D eigenvalue weighted by molar-refractivity contribution is 5.99. The third kappa shape index (κ3) is 4.60. The zero-order valence-electron chi connectivity index (χ0n) is 20.1. The number of primary amides is 1. The molecule has 2 N–H and O–H groups in total. The van der Waals surface area contributed by atoms with Crippen LogP contribution in [0.3, 0.4) is 0 Å². The van der Waals surface area contributed by atoms with E-state index in [9.17, 15) is 4.79 Å². The molecule has 1 aliphatic rings. The van der Waals surface area contributed by atoms with Gasteiger partial charge in [0.25, 0.3) is 0 Å². The monoisotopic (exact) mass is 440 g/mol. The molecule has 0 spiro atoms. The molecule has 0 saturated carbocycles. The van der Waals surface area contributed by atoms with Gasteiger partial charge < -0.3 is 10.6 Å². The number of rotatable bonds is 10. The maximum atomic E-state index is 13.1. The molecule has 3 aromatic rings. The Bertz CT molecular complexity index is 1040. The first-order chi connectivity index (χ1) is 15.9. The Morgan fingerprint density at radius 3 is 1.94 bits per heavy atom. The highest BCUT2D eigenvalue weighted by Gasteiger charge is 2.47. The van der Waals surface area contributed by atoms with Crippen LogP contribution in [0, 0.1) is 5.92 Å². The van der Waals surface area contributed by atoms with E-state index in [4.69, 9.17) is 5.73 Å². The molecule has 0 radical (unpaired) electrons. The van der Waals surface area contributed by atoms with Gasteiger partial charge >= 0.3 is 0 Å². The molecule has 3 nitrogen and oxygen atoms in total. The molecule has 0 aliphatic heterocycles. The van der Waals surface area contributed by atoms with Crippen LogP contribution < -0.4 is 5.73 Å². The molecule has 0 aromatic heterocycles. The van der Waals surface area contributed by atoms with E-state index in [1.165, 1.54) is 5.56 Å². The number of amides is 1. The van der Waals surface area contributed by atoms with Crippen LogP contribution >= 0.6 is 0 Å². The van der Waals surface area contributed by atoms with Gasteiger partial charge in [0, 0.05) is 19.1 Å². The summed E-state index contributed by atoms with van der Waals surface area (Å²) in [5.74, 6) is 0.341. The molecular weight excluding hydrogens is 404 g/mol. The van der Waals surface area contributed by atoms with Crippen LogP contribution in [0.5, 0.6) is 0 Å². The molecular formula is C30H36N2O. The van der Waals surface area contributed by atoms with Crippen LogP contribution in [-0.4, -0.2) is 29.9 Å². The van der Waals surface area contributed by atoms with Crippen LogP contribution in [0.15, 0.2) is 78.9 Å². The maximum absolute atomic E-state index is 13.1. The SMILES string of the molecule is CC(C)CN(CCc1ccccc1)C(C)CCC1(C(N)=O)c2ccccc2-c2ccccc21. The Morgan fingerprint density at radius 1 is 0.848 bits per heavy atom. The molecule has 0 heterocycles. The molecule has 1 amide bonds. The topological polar surface area (TPSA) is 46.3 Å². The quantitative estimate of drug-likeness (QED) is 0.432. The van der Waals surface area contributed by atoms with Crippen molar-refractivity contribution in [3.05, 3.63) is 95.6 Å². The van der Waals surface area contributed by atoms with Gasteiger partial charge in [-0.05, 0) is 59.9 Å². The lowest BCUT2D eigenvalue weighted by molar-refractivity contribution is -0.122. The molecule has 3 aromatic carbocycles. The van der Waals surface area contributed by atoms with E-state index in [0.717, 1.165) is 54.6 Å². The summed E-state index contributed by atoms with van der Waals surface area (Å²) in [4.78, 5) is 15.7. The lowest BCUT2D eigenvalue weighted by atomic mass is 9.73. The predicted octanol–water partition coefficient (Wildman–Crippen LogP) is 5.81. The molecule has 0 fully saturated rings. The summed E-state index contributed by atoms with van der Waals surface area (Å²) in [5.41, 5.74) is 11.2. The maximum Gasteiger partial charge on any atom is 0.232 e. The van der Waals surface area contributed by atoms with Gasteiger partial charge in [-0.15, -0.1) is 0 Å². The highest BCUT2D eigenvalue weighted by Crippen LogP contribution is 2.51. The van der Waals surface area contributed by atoms with Gasteiger partial charge in [0.05, 0.1) is 5.41 Å². The number of hydrogen-bond acceptors (Lipinski definition) is 2. The average molecular weight is 441 g/mol. The standard InChI is InChI=1S/C30H36N2O/c1-22(2)21-32(20-18-24-11-5-4-6-12-24)23(3)17-19-30(29(31)33)27-15-9-7-13-25(27)26-14-8-10-16-28(26)30/h4-16,22-23H,17-21H2,1-3H3,(H2,31,33). The van der Waals surface area contributed by atoms with Crippen LogP contribution in [-0.2, 0) is 16.6 Å². The Balaban J connectivity index is 1.58. The van der Waals surface area contributed by atoms with Crippen molar-refractivity contribution < 1.29 is 4.79 Å². The fraction of sp³-hybridized carbons (Fsp3) is 0.367. The van der Waals surface area contributed by atoms with Gasteiger partial charge in [-0.2, -0.15) is 0 Å². The van der Waals surface area contributed by atoms with E-state index < -0.39 is 5.41 Å². The van der Waals surface area contributed by atoms with Crippen molar-refractivity contribution in [2.45, 2.75) is 51.5 Å². The summed E-state index contributed by atoms with van der Waals surface area (Å²) in [5, 5.41) is 0. The van der Waals surface area contributed by atoms with E-state index in [0.29, 0.717) is 12.0 Å². The average Bonchev–Trinajstić information content (AvgIpc) is 3.12. The van der Waals surface area contributed by atoms with Crippen molar-refractivity contribution in [3.63, 3.8) is 0 Å². The second kappa shape index (κ2) is 9.93. The number of benzene rings is 3. The Morgan fingerprint density at radius 2 is 1.39 bits per heavy atom. The minimum Gasteiger partial charge on any atom is -0.369 e. The summed E-state index contributed by atoms with van der Waals surface area (Å²) in [7, 11) is 0. The minimum absolute atomic E-state index is 0.244. The van der Waals surface area contributed by atoms with Crippen LogP contribution in [0.4, 0.5) is 0 Å². The zero-order chi connectivity index (χ0) is 23.4. The normalized spacial score (nSPS) is 14.8. The van der Waals surface area contributed by atoms with E-state index in [1.807, 2.05) is 24.3 Å². The molecule has 1 atom stereocenters. The molecule has 1 aliphatic carbocycles. The first kappa shape index (κ1) is 23.3. The molecule has 0 saturated heterocycles. The van der Waals surface area contributed by atoms with Gasteiger partial charge in [0.1, 0.15) is 0 Å². The second-order valence-corrected chi connectivity index (χ2v) is 9.87. The summed E-state index contributed by atoms with van der Waals surface area (Å²) in [6.45, 7) is 8.91. The third-order valence-corrected chi connectivity index (χ3v) is 7.18. The van der Waals surface area contributed by atoms with Crippen molar-refractivity contribution in [3.8, 4) is 11.1 Å². The Kier molecular flexibility index (Phi) is 6.99. The number of fused-ring (bicyclic) bond motifs is 3. The van der Waals surface area contributed by atoms with Gasteiger partial charge in [0.2, 0.25) is 5.91 Å². The first-order valence-electron chi connectivity index (χ1n) is 12.2. The molecule has 4 rings (SSSR count). The molecule has 0 bridgehead atoms. The molecule has 3 heteroatoms. The van der Waals surface area contributed by atoms with E-state index in [2.05, 4.69) is 80.3 Å². The van der Waals surface area contributed by atoms with Gasteiger partial charge in [-0.3, -0.25) is 4.79 Å². The van der Waals surface area contributed by atoms with Crippen molar-refractivity contribution >= 4 is 5.91 Å². The molecule has 33 heavy (non-hydrogen) atoms. The largest absolute Gasteiger partial charge is 0.369 e. The van der Waals surface area contributed by atoms with E-state index in [1.54, 1.807) is 0 Å². The first-order valence-corrected chi connectivity index (χ1v) is 12.2. The Hall–Kier alpha value is -2.91. The van der Waals surface area contributed by atoms with Crippen LogP contribution in [0.1, 0.15) is 50.3 Å². The number of nitrogens with zero attached hydrogens (tertiary/aromatic N) is 1. The smallest absolute Gasteiger partial charge is 0.232 e. The van der Waals surface area contributed by atoms with Gasteiger partial charge in [-0.25, -0.2) is 0 Å². The molecule has 172 valence electrons. The Labute approximate surface area is 198 Å². The highest BCUT2D eigenvalue weighted by atomic mass is 16.1. The van der Waals surface area contributed by atoms with Crippen LogP contribution in [0.25, 0.3) is 11.1 Å². The van der Waals surface area contributed by atoms with Crippen molar-refractivity contribution in [1.29, 1.82) is 0 Å². The van der Waals surface area contributed by atoms with Gasteiger partial charge in [0.15, 0.2) is 0 Å². The lowest BCUT2D eigenvalue weighted by Crippen LogP contribution is -2.43. The van der Waals surface area contributed by atoms with Crippen LogP contribution in [0.2, 0.25) is 0 Å². The van der Waals surface area contributed by atoms with Crippen molar-refractivity contribution in [1.82, 2.24) is 4.90 Å². The van der Waals surface area contributed by atoms with Crippen molar-refractivity contribution in [2.75, 3.05) is 13.1 Å². The fourth-order valence-electron chi connectivity index (χ4n) is 5.47. The number of carbonyl (C=O) groups excluding carboxylic acids is 1. The summed E-state index contributed by atoms with van der Waals surface area (Å²) < 4.78 is 0. The lowest BCUT2D eigenvalue weighted by Gasteiger charge is -2.34. The predicted molar refractivity (Wildman–Crippen MR) is 137 cm³/mol. The molecule has 1 unspecified atom stereocenters. The number of hydrogen-bond donors (Lipinski definition) is 1. The fourth-order valence-corrected chi connectivity index (χ4v) is 5.47. The van der Waals surface area contributed by atoms with E-state index in [-0.39, 0.29) is 5.91 Å².